The first-order chi connectivity index (χ1) is 13.7. The van der Waals surface area contributed by atoms with Crippen LogP contribution in [0, 0.1) is 0 Å². The van der Waals surface area contributed by atoms with Gasteiger partial charge in [0.15, 0.2) is 0 Å². The standard InChI is InChI=1S/C20H18N4O4/c1-25-14-6-4-5-12(7-14)18-17-19(21-11-22-20(17)28-24-18)23-13-8-15(26-2)10-16(9-13)27-3/h4-11H,1-3H3,(H,21,22,23). The molecule has 0 amide bonds. The third kappa shape index (κ3) is 3.27. The molecule has 2 aromatic heterocycles. The molecule has 0 saturated heterocycles. The highest BCUT2D eigenvalue weighted by Crippen LogP contribution is 2.35. The van der Waals surface area contributed by atoms with Gasteiger partial charge < -0.3 is 24.1 Å². The van der Waals surface area contributed by atoms with E-state index >= 15 is 0 Å². The van der Waals surface area contributed by atoms with E-state index in [-0.39, 0.29) is 0 Å². The van der Waals surface area contributed by atoms with Crippen molar-refractivity contribution in [3.63, 3.8) is 0 Å². The zero-order valence-electron chi connectivity index (χ0n) is 15.6. The molecular formula is C20H18N4O4. The topological polar surface area (TPSA) is 91.5 Å². The Balaban J connectivity index is 1.81. The van der Waals surface area contributed by atoms with Gasteiger partial charge in [-0.05, 0) is 12.1 Å². The third-order valence-electron chi connectivity index (χ3n) is 4.23. The number of hydrogen-bond donors (Lipinski definition) is 1. The molecule has 0 radical (unpaired) electrons. The first kappa shape index (κ1) is 17.6. The van der Waals surface area contributed by atoms with Gasteiger partial charge in [-0.2, -0.15) is 4.98 Å². The Kier molecular flexibility index (Phi) is 4.67. The largest absolute Gasteiger partial charge is 0.497 e. The van der Waals surface area contributed by atoms with E-state index in [1.807, 2.05) is 36.4 Å². The van der Waals surface area contributed by atoms with Crippen LogP contribution in [-0.2, 0) is 0 Å². The molecule has 4 aromatic rings. The molecule has 0 bridgehead atoms. The summed E-state index contributed by atoms with van der Waals surface area (Å²) in [5, 5.41) is 8.13. The van der Waals surface area contributed by atoms with Crippen LogP contribution in [0.25, 0.3) is 22.4 Å². The second-order valence-corrected chi connectivity index (χ2v) is 5.89. The SMILES string of the molecule is COc1cc(Nc2ncnc3onc(-c4cccc(OC)c4)c23)cc(OC)c1. The highest BCUT2D eigenvalue weighted by atomic mass is 16.5. The third-order valence-corrected chi connectivity index (χ3v) is 4.23. The molecule has 142 valence electrons. The molecule has 2 aromatic carbocycles. The maximum absolute atomic E-state index is 5.41. The molecular weight excluding hydrogens is 360 g/mol. The molecule has 2 heterocycles. The molecule has 1 N–H and O–H groups in total. The van der Waals surface area contributed by atoms with Gasteiger partial charge in [-0.1, -0.05) is 17.3 Å². The van der Waals surface area contributed by atoms with Crippen molar-refractivity contribution < 1.29 is 18.7 Å². The molecule has 8 heteroatoms. The van der Waals surface area contributed by atoms with Gasteiger partial charge in [-0.25, -0.2) is 4.98 Å². The average molecular weight is 378 g/mol. The van der Waals surface area contributed by atoms with Gasteiger partial charge in [0, 0.05) is 29.4 Å². The predicted molar refractivity (Wildman–Crippen MR) is 104 cm³/mol. The molecule has 28 heavy (non-hydrogen) atoms. The Morgan fingerprint density at radius 1 is 0.857 bits per heavy atom. The van der Waals surface area contributed by atoms with Crippen molar-refractivity contribution >= 4 is 22.6 Å². The maximum Gasteiger partial charge on any atom is 0.263 e. The zero-order valence-corrected chi connectivity index (χ0v) is 15.6. The summed E-state index contributed by atoms with van der Waals surface area (Å²) in [5.41, 5.74) is 2.57. The molecule has 0 aliphatic carbocycles. The summed E-state index contributed by atoms with van der Waals surface area (Å²) in [5.74, 6) is 2.59. The smallest absolute Gasteiger partial charge is 0.263 e. The molecule has 0 aliphatic heterocycles. The van der Waals surface area contributed by atoms with Crippen molar-refractivity contribution in [3.8, 4) is 28.5 Å². The van der Waals surface area contributed by atoms with Crippen LogP contribution < -0.4 is 19.5 Å². The van der Waals surface area contributed by atoms with Crippen LogP contribution in [0.1, 0.15) is 0 Å². The monoisotopic (exact) mass is 378 g/mol. The van der Waals surface area contributed by atoms with Crippen molar-refractivity contribution in [1.29, 1.82) is 0 Å². The maximum atomic E-state index is 5.41. The number of ether oxygens (including phenoxy) is 3. The van der Waals surface area contributed by atoms with Crippen molar-refractivity contribution in [1.82, 2.24) is 15.1 Å². The predicted octanol–water partition coefficient (Wildman–Crippen LogP) is 4.05. The van der Waals surface area contributed by atoms with Crippen LogP contribution in [0.4, 0.5) is 11.5 Å². The summed E-state index contributed by atoms with van der Waals surface area (Å²) < 4.78 is 21.4. The fourth-order valence-electron chi connectivity index (χ4n) is 2.87. The molecule has 0 aliphatic rings. The number of hydrogen-bond acceptors (Lipinski definition) is 8. The fourth-order valence-corrected chi connectivity index (χ4v) is 2.87. The highest BCUT2D eigenvalue weighted by Gasteiger charge is 2.18. The second kappa shape index (κ2) is 7.43. The Bertz CT molecular complexity index is 1100. The van der Waals surface area contributed by atoms with Crippen LogP contribution in [0.5, 0.6) is 17.2 Å². The number of nitrogens with zero attached hydrogens (tertiary/aromatic N) is 3. The number of nitrogens with one attached hydrogen (secondary N) is 1. The van der Waals surface area contributed by atoms with Gasteiger partial charge in [0.05, 0.1) is 21.3 Å². The number of fused-ring (bicyclic) bond motifs is 1. The van der Waals surface area contributed by atoms with Crippen molar-refractivity contribution in [2.75, 3.05) is 26.6 Å². The molecule has 0 unspecified atom stereocenters. The summed E-state index contributed by atoms with van der Waals surface area (Å²) in [4.78, 5) is 8.56. The normalized spacial score (nSPS) is 10.7. The van der Waals surface area contributed by atoms with Crippen LogP contribution in [0.2, 0.25) is 0 Å². The minimum atomic E-state index is 0.380. The number of methoxy groups -OCH3 is 3. The number of benzene rings is 2. The van der Waals surface area contributed by atoms with E-state index < -0.39 is 0 Å². The summed E-state index contributed by atoms with van der Waals surface area (Å²) in [6, 6.07) is 13.0. The van der Waals surface area contributed by atoms with Crippen LogP contribution in [0.15, 0.2) is 53.3 Å². The summed E-state index contributed by atoms with van der Waals surface area (Å²) >= 11 is 0. The van der Waals surface area contributed by atoms with E-state index in [0.29, 0.717) is 34.1 Å². The highest BCUT2D eigenvalue weighted by molar-refractivity contribution is 5.98. The van der Waals surface area contributed by atoms with Crippen LogP contribution in [0.3, 0.4) is 0 Å². The van der Waals surface area contributed by atoms with Gasteiger partial charge in [0.1, 0.15) is 40.5 Å². The molecule has 0 saturated carbocycles. The molecule has 8 nitrogen and oxygen atoms in total. The van der Waals surface area contributed by atoms with Gasteiger partial charge in [0.25, 0.3) is 5.71 Å². The van der Waals surface area contributed by atoms with Crippen molar-refractivity contribution in [2.45, 2.75) is 0 Å². The van der Waals surface area contributed by atoms with Crippen molar-refractivity contribution in [2.24, 2.45) is 0 Å². The molecule has 4 rings (SSSR count). The van der Waals surface area contributed by atoms with Gasteiger partial charge in [0.2, 0.25) is 0 Å². The number of rotatable bonds is 6. The minimum Gasteiger partial charge on any atom is -0.497 e. The first-order valence-electron chi connectivity index (χ1n) is 8.46. The lowest BCUT2D eigenvalue weighted by Gasteiger charge is -2.11. The quantitative estimate of drug-likeness (QED) is 0.537. The van der Waals surface area contributed by atoms with Crippen molar-refractivity contribution in [3.05, 3.63) is 48.8 Å². The van der Waals surface area contributed by atoms with Gasteiger partial charge in [-0.3, -0.25) is 0 Å². The van der Waals surface area contributed by atoms with E-state index in [1.54, 1.807) is 27.4 Å². The lowest BCUT2D eigenvalue weighted by atomic mass is 10.1. The molecule has 0 atom stereocenters. The van der Waals surface area contributed by atoms with Gasteiger partial charge in [-0.15, -0.1) is 0 Å². The number of anilines is 2. The van der Waals surface area contributed by atoms with E-state index in [0.717, 1.165) is 17.0 Å². The second-order valence-electron chi connectivity index (χ2n) is 5.89. The van der Waals surface area contributed by atoms with E-state index in [9.17, 15) is 0 Å². The van der Waals surface area contributed by atoms with Crippen LogP contribution >= 0.6 is 0 Å². The first-order valence-corrected chi connectivity index (χ1v) is 8.46. The summed E-state index contributed by atoms with van der Waals surface area (Å²) in [6.45, 7) is 0. The Labute approximate surface area is 161 Å². The summed E-state index contributed by atoms with van der Waals surface area (Å²) in [6.07, 6.45) is 1.42. The lowest BCUT2D eigenvalue weighted by Crippen LogP contribution is -1.97. The molecule has 0 spiro atoms. The Morgan fingerprint density at radius 2 is 1.61 bits per heavy atom. The van der Waals surface area contributed by atoms with Gasteiger partial charge >= 0.3 is 0 Å². The average Bonchev–Trinajstić information content (AvgIpc) is 3.18. The minimum absolute atomic E-state index is 0.380. The lowest BCUT2D eigenvalue weighted by molar-refractivity contribution is 0.395. The van der Waals surface area contributed by atoms with Crippen LogP contribution in [-0.4, -0.2) is 36.5 Å². The Morgan fingerprint density at radius 3 is 2.32 bits per heavy atom. The van der Waals surface area contributed by atoms with E-state index in [4.69, 9.17) is 18.7 Å². The number of aromatic nitrogens is 3. The van der Waals surface area contributed by atoms with E-state index in [1.165, 1.54) is 6.33 Å². The Hall–Kier alpha value is -3.81. The van der Waals surface area contributed by atoms with E-state index in [2.05, 4.69) is 20.4 Å². The zero-order chi connectivity index (χ0) is 19.5. The fraction of sp³-hybridized carbons (Fsp3) is 0.150. The summed E-state index contributed by atoms with van der Waals surface area (Å²) in [7, 11) is 4.82. The molecule has 0 fully saturated rings.